The molecule has 0 aromatic rings. The summed E-state index contributed by atoms with van der Waals surface area (Å²) in [6.07, 6.45) is -2.80. The minimum atomic E-state index is -1.15. The Morgan fingerprint density at radius 3 is 2.42 bits per heavy atom. The number of rotatable bonds is 7. The summed E-state index contributed by atoms with van der Waals surface area (Å²) < 4.78 is 10.2. The molecular formula is C12H23ClO5Si. The number of carbonyl (C=O) groups excluding carboxylic acids is 1. The number of alkyl halides is 1. The fourth-order valence-corrected chi connectivity index (χ4v) is 3.23. The van der Waals surface area contributed by atoms with Crippen molar-refractivity contribution >= 4 is 26.1 Å². The quantitative estimate of drug-likeness (QED) is 0.315. The van der Waals surface area contributed by atoms with Gasteiger partial charge in [0.25, 0.3) is 6.47 Å². The molecular weight excluding hydrogens is 288 g/mol. The van der Waals surface area contributed by atoms with Crippen molar-refractivity contribution in [3.05, 3.63) is 0 Å². The third-order valence-corrected chi connectivity index (χ3v) is 5.58. The molecule has 5 nitrogen and oxygen atoms in total. The minimum Gasteiger partial charge on any atom is -0.460 e. The van der Waals surface area contributed by atoms with E-state index in [1.54, 1.807) is 0 Å². The van der Waals surface area contributed by atoms with Crippen molar-refractivity contribution in [1.29, 1.82) is 0 Å². The summed E-state index contributed by atoms with van der Waals surface area (Å²) in [4.78, 5) is 10.3. The van der Waals surface area contributed by atoms with Crippen LogP contribution in [0, 0.1) is 5.92 Å². The maximum atomic E-state index is 10.3. The minimum absolute atomic E-state index is 0.217. The maximum absolute atomic E-state index is 10.3. The second-order valence-electron chi connectivity index (χ2n) is 6.17. The van der Waals surface area contributed by atoms with Gasteiger partial charge in [0.1, 0.15) is 12.2 Å². The van der Waals surface area contributed by atoms with Crippen LogP contribution in [0.1, 0.15) is 0 Å². The molecule has 0 unspecified atom stereocenters. The Hall–Kier alpha value is -0.143. The van der Waals surface area contributed by atoms with Crippen molar-refractivity contribution in [2.24, 2.45) is 5.92 Å². The van der Waals surface area contributed by atoms with E-state index in [-0.39, 0.29) is 13.1 Å². The largest absolute Gasteiger partial charge is 0.460 e. The normalized spacial score (nSPS) is 35.4. The zero-order chi connectivity index (χ0) is 14.6. The van der Waals surface area contributed by atoms with Gasteiger partial charge in [-0.05, 0) is 6.04 Å². The number of aliphatic hydroxyl groups excluding tert-OH is 2. The van der Waals surface area contributed by atoms with Crippen molar-refractivity contribution in [3.63, 3.8) is 0 Å². The predicted octanol–water partition coefficient (Wildman–Crippen LogP) is 0.842. The Balaban J connectivity index is 2.43. The van der Waals surface area contributed by atoms with Gasteiger partial charge in [-0.3, -0.25) is 4.79 Å². The lowest BCUT2D eigenvalue weighted by molar-refractivity contribution is -0.138. The molecule has 112 valence electrons. The van der Waals surface area contributed by atoms with Crippen molar-refractivity contribution in [1.82, 2.24) is 0 Å². The Kier molecular flexibility index (Phi) is 6.26. The van der Waals surface area contributed by atoms with Crippen LogP contribution >= 0.6 is 11.6 Å². The van der Waals surface area contributed by atoms with Crippen molar-refractivity contribution in [2.45, 2.75) is 49.4 Å². The lowest BCUT2D eigenvalue weighted by atomic mass is 10.1. The van der Waals surface area contributed by atoms with Crippen molar-refractivity contribution < 1.29 is 24.5 Å². The average Bonchev–Trinajstić information content (AvgIpc) is 2.50. The SMILES string of the molecule is C[Si](C)(C)CCOC[C@H]1[C@H](O)[C@H](Cl)[C@@H](OC=O)[C@@H]1O. The van der Waals surface area contributed by atoms with Crippen LogP contribution < -0.4 is 0 Å². The van der Waals surface area contributed by atoms with E-state index in [0.29, 0.717) is 6.61 Å². The summed E-state index contributed by atoms with van der Waals surface area (Å²) in [5.41, 5.74) is 0. The van der Waals surface area contributed by atoms with Gasteiger partial charge in [-0.25, -0.2) is 0 Å². The summed E-state index contributed by atoms with van der Waals surface area (Å²) in [5, 5.41) is 19.1. The topological polar surface area (TPSA) is 76.0 Å². The van der Waals surface area contributed by atoms with Gasteiger partial charge in [0, 0.05) is 20.6 Å². The molecule has 1 saturated carbocycles. The van der Waals surface area contributed by atoms with Crippen molar-refractivity contribution in [3.8, 4) is 0 Å². The molecule has 0 radical (unpaired) electrons. The first-order chi connectivity index (χ1) is 8.78. The Bertz CT molecular complexity index is 296. The number of hydrogen-bond donors (Lipinski definition) is 2. The average molecular weight is 311 g/mol. The first-order valence-electron chi connectivity index (χ1n) is 6.45. The molecule has 1 aliphatic carbocycles. The summed E-state index contributed by atoms with van der Waals surface area (Å²) in [5.74, 6) is -0.519. The Morgan fingerprint density at radius 2 is 1.89 bits per heavy atom. The van der Waals surface area contributed by atoms with Crippen LogP contribution in [0.25, 0.3) is 0 Å². The highest BCUT2D eigenvalue weighted by atomic mass is 35.5. The monoisotopic (exact) mass is 310 g/mol. The number of halogens is 1. The zero-order valence-corrected chi connectivity index (χ0v) is 13.3. The van der Waals surface area contributed by atoms with Gasteiger partial charge >= 0.3 is 0 Å². The lowest BCUT2D eigenvalue weighted by Crippen LogP contribution is -2.33. The third kappa shape index (κ3) is 4.72. The molecule has 1 rings (SSSR count). The highest BCUT2D eigenvalue weighted by molar-refractivity contribution is 6.76. The molecule has 5 atom stereocenters. The molecule has 7 heteroatoms. The maximum Gasteiger partial charge on any atom is 0.293 e. The summed E-state index contributed by atoms with van der Waals surface area (Å²) in [6.45, 7) is 7.81. The smallest absolute Gasteiger partial charge is 0.293 e. The Labute approximate surface area is 119 Å². The van der Waals surface area contributed by atoms with Crippen LogP contribution in [0.4, 0.5) is 0 Å². The van der Waals surface area contributed by atoms with Gasteiger partial charge in [-0.2, -0.15) is 0 Å². The van der Waals surface area contributed by atoms with Gasteiger partial charge in [0.2, 0.25) is 0 Å². The predicted molar refractivity (Wildman–Crippen MR) is 75.1 cm³/mol. The molecule has 0 aliphatic heterocycles. The van der Waals surface area contributed by atoms with Gasteiger partial charge in [0.15, 0.2) is 0 Å². The highest BCUT2D eigenvalue weighted by Gasteiger charge is 2.50. The van der Waals surface area contributed by atoms with Crippen LogP contribution in [0.5, 0.6) is 0 Å². The summed E-state index contributed by atoms with van der Waals surface area (Å²) in [6, 6.07) is 1.02. The second-order valence-corrected chi connectivity index (χ2v) is 12.3. The number of ether oxygens (including phenoxy) is 2. The molecule has 0 saturated heterocycles. The molecule has 1 fully saturated rings. The fourth-order valence-electron chi connectivity index (χ4n) is 2.08. The molecule has 1 aliphatic rings. The second kappa shape index (κ2) is 7.03. The van der Waals surface area contributed by atoms with Gasteiger partial charge < -0.3 is 19.7 Å². The first kappa shape index (κ1) is 16.9. The molecule has 0 spiro atoms. The Morgan fingerprint density at radius 1 is 1.26 bits per heavy atom. The molecule has 2 N–H and O–H groups in total. The van der Waals surface area contributed by atoms with E-state index in [9.17, 15) is 15.0 Å². The molecule has 0 amide bonds. The van der Waals surface area contributed by atoms with E-state index < -0.39 is 37.7 Å². The number of carbonyl (C=O) groups is 1. The van der Waals surface area contributed by atoms with Crippen LogP contribution in [0.3, 0.4) is 0 Å². The third-order valence-electron chi connectivity index (χ3n) is 3.37. The zero-order valence-electron chi connectivity index (χ0n) is 11.6. The first-order valence-corrected chi connectivity index (χ1v) is 10.6. The summed E-state index contributed by atoms with van der Waals surface area (Å²) >= 11 is 5.94. The van der Waals surface area contributed by atoms with Gasteiger partial charge in [0.05, 0.1) is 18.1 Å². The van der Waals surface area contributed by atoms with Crippen molar-refractivity contribution in [2.75, 3.05) is 13.2 Å². The van der Waals surface area contributed by atoms with E-state index in [1.165, 1.54) is 0 Å². The van der Waals surface area contributed by atoms with Crippen LogP contribution in [0.2, 0.25) is 25.7 Å². The van der Waals surface area contributed by atoms with Crippen LogP contribution in [0.15, 0.2) is 0 Å². The molecule has 19 heavy (non-hydrogen) atoms. The molecule has 0 aromatic heterocycles. The highest BCUT2D eigenvalue weighted by Crippen LogP contribution is 2.33. The fraction of sp³-hybridized carbons (Fsp3) is 0.917. The van der Waals surface area contributed by atoms with Crippen LogP contribution in [-0.2, 0) is 14.3 Å². The molecule has 0 bridgehead atoms. The standard InChI is InChI=1S/C12H23ClO5Si/c1-19(2,3)5-4-17-6-8-10(15)9(13)12(11(8)16)18-7-14/h7-12,15-16H,4-6H2,1-3H3/t8-,9-,10-,11+,12+/m0/s1. The number of aliphatic hydroxyl groups is 2. The summed E-state index contributed by atoms with van der Waals surface area (Å²) in [7, 11) is -1.15. The number of hydrogen-bond acceptors (Lipinski definition) is 5. The van der Waals surface area contributed by atoms with E-state index in [2.05, 4.69) is 19.6 Å². The van der Waals surface area contributed by atoms with E-state index in [4.69, 9.17) is 21.1 Å². The van der Waals surface area contributed by atoms with E-state index in [1.807, 2.05) is 0 Å². The molecule has 0 heterocycles. The van der Waals surface area contributed by atoms with E-state index in [0.717, 1.165) is 6.04 Å². The molecule has 0 aromatic carbocycles. The van der Waals surface area contributed by atoms with E-state index >= 15 is 0 Å². The van der Waals surface area contributed by atoms with Crippen LogP contribution in [-0.4, -0.2) is 61.7 Å². The van der Waals surface area contributed by atoms with Gasteiger partial charge in [-0.15, -0.1) is 11.6 Å². The van der Waals surface area contributed by atoms with Gasteiger partial charge in [-0.1, -0.05) is 19.6 Å². The lowest BCUT2D eigenvalue weighted by Gasteiger charge is -2.20.